The number of aromatic nitrogens is 2. The molecular weight excluding hydrogens is 298 g/mol. The van der Waals surface area contributed by atoms with E-state index in [2.05, 4.69) is 25.5 Å². The van der Waals surface area contributed by atoms with E-state index < -0.39 is 5.60 Å². The van der Waals surface area contributed by atoms with Crippen molar-refractivity contribution in [3.8, 4) is 0 Å². The molecule has 0 saturated carbocycles. The summed E-state index contributed by atoms with van der Waals surface area (Å²) in [6.45, 7) is 8.99. The molecule has 0 spiro atoms. The molecule has 1 amide bonds. The van der Waals surface area contributed by atoms with Crippen molar-refractivity contribution < 1.29 is 9.53 Å². The third kappa shape index (κ3) is 2.53. The van der Waals surface area contributed by atoms with Crippen LogP contribution in [-0.2, 0) is 11.3 Å². The number of imidazole rings is 1. The van der Waals surface area contributed by atoms with Crippen molar-refractivity contribution in [2.75, 3.05) is 6.54 Å². The van der Waals surface area contributed by atoms with Crippen LogP contribution in [0, 0.1) is 0 Å². The van der Waals surface area contributed by atoms with Crippen molar-refractivity contribution in [1.29, 1.82) is 0 Å². The summed E-state index contributed by atoms with van der Waals surface area (Å²) >= 11 is 3.40. The summed E-state index contributed by atoms with van der Waals surface area (Å²) in [7, 11) is 0. The van der Waals surface area contributed by atoms with Crippen molar-refractivity contribution in [3.63, 3.8) is 0 Å². The monoisotopic (exact) mass is 315 g/mol. The quantitative estimate of drug-likeness (QED) is 0.739. The average molecular weight is 316 g/mol. The average Bonchev–Trinajstić information content (AvgIpc) is 2.59. The molecule has 1 unspecified atom stereocenters. The van der Waals surface area contributed by atoms with Crippen molar-refractivity contribution >= 4 is 22.0 Å². The number of halogens is 1. The molecule has 1 aromatic rings. The van der Waals surface area contributed by atoms with E-state index in [-0.39, 0.29) is 12.1 Å². The topological polar surface area (TPSA) is 47.4 Å². The van der Waals surface area contributed by atoms with E-state index in [0.717, 1.165) is 17.0 Å². The first kappa shape index (κ1) is 13.4. The van der Waals surface area contributed by atoms with Crippen LogP contribution in [0.5, 0.6) is 0 Å². The molecular formula is C12H18BrN3O2. The van der Waals surface area contributed by atoms with Crippen LogP contribution in [-0.4, -0.2) is 32.7 Å². The van der Waals surface area contributed by atoms with Crippen molar-refractivity contribution in [1.82, 2.24) is 14.5 Å². The van der Waals surface area contributed by atoms with Crippen molar-refractivity contribution in [3.05, 3.63) is 16.6 Å². The lowest BCUT2D eigenvalue weighted by Crippen LogP contribution is -2.43. The molecule has 0 radical (unpaired) electrons. The second kappa shape index (κ2) is 4.57. The van der Waals surface area contributed by atoms with Gasteiger partial charge in [0.2, 0.25) is 0 Å². The largest absolute Gasteiger partial charge is 0.444 e. The Kier molecular flexibility index (Phi) is 3.40. The number of carbonyl (C=O) groups is 1. The number of fused-ring (bicyclic) bond motifs is 1. The molecule has 5 nitrogen and oxygen atoms in total. The zero-order chi connectivity index (χ0) is 13.5. The molecule has 1 atom stereocenters. The van der Waals surface area contributed by atoms with E-state index in [1.165, 1.54) is 0 Å². The lowest BCUT2D eigenvalue weighted by atomic mass is 10.1. The zero-order valence-corrected chi connectivity index (χ0v) is 12.7. The Morgan fingerprint density at radius 2 is 2.17 bits per heavy atom. The maximum Gasteiger partial charge on any atom is 0.410 e. The first-order chi connectivity index (χ1) is 8.29. The van der Waals surface area contributed by atoms with Gasteiger partial charge in [-0.1, -0.05) is 0 Å². The molecule has 1 aromatic heterocycles. The number of hydrogen-bond donors (Lipinski definition) is 0. The van der Waals surface area contributed by atoms with Crippen LogP contribution in [0.2, 0.25) is 0 Å². The predicted molar refractivity (Wildman–Crippen MR) is 71.3 cm³/mol. The van der Waals surface area contributed by atoms with E-state index in [4.69, 9.17) is 4.74 Å². The Balaban J connectivity index is 2.17. The smallest absolute Gasteiger partial charge is 0.410 e. The minimum absolute atomic E-state index is 0.0209. The van der Waals surface area contributed by atoms with Crippen molar-refractivity contribution in [2.45, 2.75) is 45.9 Å². The predicted octanol–water partition coefficient (Wildman–Crippen LogP) is 2.96. The number of rotatable bonds is 0. The summed E-state index contributed by atoms with van der Waals surface area (Å²) in [5.41, 5.74) is 0.564. The Bertz CT molecular complexity index is 464. The molecule has 0 aliphatic carbocycles. The van der Waals surface area contributed by atoms with Gasteiger partial charge in [-0.3, -0.25) is 4.90 Å². The molecule has 0 fully saturated rings. The summed E-state index contributed by atoms with van der Waals surface area (Å²) in [5, 5.41) is 0. The van der Waals surface area contributed by atoms with Gasteiger partial charge in [0.1, 0.15) is 5.60 Å². The minimum Gasteiger partial charge on any atom is -0.444 e. The normalized spacial score (nSPS) is 19.6. The van der Waals surface area contributed by atoms with Gasteiger partial charge in [-0.25, -0.2) is 9.78 Å². The first-order valence-corrected chi connectivity index (χ1v) is 6.79. The molecule has 0 N–H and O–H groups in total. The van der Waals surface area contributed by atoms with Crippen molar-refractivity contribution in [2.24, 2.45) is 0 Å². The maximum absolute atomic E-state index is 12.1. The van der Waals surface area contributed by atoms with Gasteiger partial charge in [-0.15, -0.1) is 0 Å². The van der Waals surface area contributed by atoms with Gasteiger partial charge >= 0.3 is 6.09 Å². The third-order valence-corrected chi connectivity index (χ3v) is 3.56. The Morgan fingerprint density at radius 1 is 1.50 bits per heavy atom. The van der Waals surface area contributed by atoms with Crippen LogP contribution in [0.25, 0.3) is 0 Å². The molecule has 1 aliphatic heterocycles. The Morgan fingerprint density at radius 3 is 2.78 bits per heavy atom. The Hall–Kier alpha value is -1.04. The van der Waals surface area contributed by atoms with Crippen LogP contribution >= 0.6 is 15.9 Å². The molecule has 2 rings (SSSR count). The third-order valence-electron chi connectivity index (χ3n) is 2.93. The lowest BCUT2D eigenvalue weighted by molar-refractivity contribution is 0.0126. The highest BCUT2D eigenvalue weighted by molar-refractivity contribution is 9.10. The molecule has 0 aromatic carbocycles. The number of amides is 1. The summed E-state index contributed by atoms with van der Waals surface area (Å²) in [4.78, 5) is 18.1. The van der Waals surface area contributed by atoms with Gasteiger partial charge in [0, 0.05) is 13.1 Å². The van der Waals surface area contributed by atoms with Gasteiger partial charge in [-0.2, -0.15) is 0 Å². The molecule has 6 heteroatoms. The molecule has 0 saturated heterocycles. The number of nitrogens with zero attached hydrogens (tertiary/aromatic N) is 3. The molecule has 100 valence electrons. The van der Waals surface area contributed by atoms with Gasteiger partial charge in [-0.05, 0) is 43.6 Å². The Labute approximate surface area is 115 Å². The number of hydrogen-bond acceptors (Lipinski definition) is 3. The van der Waals surface area contributed by atoms with E-state index in [9.17, 15) is 4.79 Å². The fraction of sp³-hybridized carbons (Fsp3) is 0.667. The standard InChI is InChI=1S/C12H18BrN3O2/c1-8-9-7-14-10(13)16(9)6-5-15(8)11(17)18-12(2,3)4/h7-8H,5-6H2,1-4H3. The van der Waals surface area contributed by atoms with Crippen LogP contribution in [0.4, 0.5) is 4.79 Å². The summed E-state index contributed by atoms with van der Waals surface area (Å²) in [6.07, 6.45) is 1.53. The second-order valence-electron chi connectivity index (χ2n) is 5.45. The molecule has 2 heterocycles. The summed E-state index contributed by atoms with van der Waals surface area (Å²) in [5.74, 6) is 0. The van der Waals surface area contributed by atoms with E-state index >= 15 is 0 Å². The van der Waals surface area contributed by atoms with Gasteiger partial charge < -0.3 is 9.30 Å². The second-order valence-corrected chi connectivity index (χ2v) is 6.16. The van der Waals surface area contributed by atoms with Crippen LogP contribution in [0.3, 0.4) is 0 Å². The summed E-state index contributed by atoms with van der Waals surface area (Å²) in [6, 6.07) is -0.0209. The fourth-order valence-corrected chi connectivity index (χ4v) is 2.54. The number of carbonyl (C=O) groups excluding carboxylic acids is 1. The van der Waals surface area contributed by atoms with Crippen LogP contribution in [0.15, 0.2) is 10.9 Å². The molecule has 0 bridgehead atoms. The highest BCUT2D eigenvalue weighted by Crippen LogP contribution is 2.29. The zero-order valence-electron chi connectivity index (χ0n) is 11.1. The van der Waals surface area contributed by atoms with E-state index in [1.807, 2.05) is 27.7 Å². The highest BCUT2D eigenvalue weighted by Gasteiger charge is 2.32. The van der Waals surface area contributed by atoms with Crippen LogP contribution in [0.1, 0.15) is 39.4 Å². The summed E-state index contributed by atoms with van der Waals surface area (Å²) < 4.78 is 8.30. The van der Waals surface area contributed by atoms with Gasteiger partial charge in [0.15, 0.2) is 4.73 Å². The highest BCUT2D eigenvalue weighted by atomic mass is 79.9. The molecule has 18 heavy (non-hydrogen) atoms. The van der Waals surface area contributed by atoms with Gasteiger partial charge in [0.05, 0.1) is 17.9 Å². The minimum atomic E-state index is -0.463. The van der Waals surface area contributed by atoms with Crippen LogP contribution < -0.4 is 0 Å². The maximum atomic E-state index is 12.1. The van der Waals surface area contributed by atoms with Gasteiger partial charge in [0.25, 0.3) is 0 Å². The van der Waals surface area contributed by atoms with E-state index in [0.29, 0.717) is 6.54 Å². The van der Waals surface area contributed by atoms with E-state index in [1.54, 1.807) is 11.1 Å². The first-order valence-electron chi connectivity index (χ1n) is 6.00. The lowest BCUT2D eigenvalue weighted by Gasteiger charge is -2.35. The fourth-order valence-electron chi connectivity index (χ4n) is 2.05. The SMILES string of the molecule is CC1c2cnc(Br)n2CCN1C(=O)OC(C)(C)C. The molecule has 1 aliphatic rings. The number of ether oxygens (including phenoxy) is 1.